The van der Waals surface area contributed by atoms with Crippen LogP contribution in [0.3, 0.4) is 0 Å². The van der Waals surface area contributed by atoms with Crippen LogP contribution in [-0.2, 0) is 10.0 Å². The number of hydrogen-bond donors (Lipinski definition) is 0. The Balaban J connectivity index is 1.39. The Labute approximate surface area is 195 Å². The number of halogens is 2. The summed E-state index contributed by atoms with van der Waals surface area (Å²) in [6.45, 7) is 1.69. The summed E-state index contributed by atoms with van der Waals surface area (Å²) in [7, 11) is -3.58. The van der Waals surface area contributed by atoms with Crippen molar-refractivity contribution in [2.24, 2.45) is 0 Å². The maximum atomic E-state index is 13.0. The predicted octanol–water partition coefficient (Wildman–Crippen LogP) is 3.63. The third-order valence-electron chi connectivity index (χ3n) is 5.39. The van der Waals surface area contributed by atoms with E-state index in [-0.39, 0.29) is 4.90 Å². The fourth-order valence-electron chi connectivity index (χ4n) is 3.78. The second kappa shape index (κ2) is 8.32. The molecule has 0 aliphatic carbocycles. The lowest BCUT2D eigenvalue weighted by Crippen LogP contribution is -2.49. The Hall–Kier alpha value is -2.72. The molecule has 4 aromatic rings. The Bertz CT molecular complexity index is 1380. The van der Waals surface area contributed by atoms with Gasteiger partial charge < -0.3 is 4.90 Å². The third-order valence-corrected chi connectivity index (χ3v) is 7.79. The molecule has 3 heterocycles. The summed E-state index contributed by atoms with van der Waals surface area (Å²) >= 11 is 12.0. The van der Waals surface area contributed by atoms with Crippen LogP contribution in [0.15, 0.2) is 66.0 Å². The van der Waals surface area contributed by atoms with Gasteiger partial charge in [-0.1, -0.05) is 29.3 Å². The Kier molecular flexibility index (Phi) is 5.50. The lowest BCUT2D eigenvalue weighted by atomic mass is 10.3. The van der Waals surface area contributed by atoms with Gasteiger partial charge >= 0.3 is 0 Å². The quantitative estimate of drug-likeness (QED) is 0.436. The van der Waals surface area contributed by atoms with Crippen LogP contribution in [-0.4, -0.2) is 58.7 Å². The molecule has 5 rings (SSSR count). The second-order valence-corrected chi connectivity index (χ2v) is 10.1. The molecule has 32 heavy (non-hydrogen) atoms. The van der Waals surface area contributed by atoms with Gasteiger partial charge in [-0.3, -0.25) is 0 Å². The fraction of sp³-hybridized carbons (Fsp3) is 0.190. The normalized spacial score (nSPS) is 15.4. The minimum atomic E-state index is -3.58. The van der Waals surface area contributed by atoms with Crippen LogP contribution in [0.25, 0.3) is 16.7 Å². The first-order valence-corrected chi connectivity index (χ1v) is 12.1. The van der Waals surface area contributed by atoms with E-state index in [1.807, 2.05) is 18.2 Å². The molecule has 1 aliphatic heterocycles. The summed E-state index contributed by atoms with van der Waals surface area (Å²) in [5.41, 5.74) is 1.46. The number of anilines is 1. The number of benzene rings is 2. The van der Waals surface area contributed by atoms with Crippen LogP contribution in [0.4, 0.5) is 5.82 Å². The van der Waals surface area contributed by atoms with E-state index in [4.69, 9.17) is 23.2 Å². The van der Waals surface area contributed by atoms with Gasteiger partial charge in [-0.15, -0.1) is 0 Å². The van der Waals surface area contributed by atoms with Gasteiger partial charge in [0, 0.05) is 36.2 Å². The van der Waals surface area contributed by atoms with Crippen molar-refractivity contribution in [1.29, 1.82) is 0 Å². The van der Waals surface area contributed by atoms with Crippen molar-refractivity contribution in [2.75, 3.05) is 31.1 Å². The van der Waals surface area contributed by atoms with Crippen LogP contribution in [0.2, 0.25) is 10.0 Å². The van der Waals surface area contributed by atoms with E-state index in [1.54, 1.807) is 29.1 Å². The van der Waals surface area contributed by atoms with E-state index >= 15 is 0 Å². The molecule has 1 aliphatic rings. The first-order chi connectivity index (χ1) is 15.4. The van der Waals surface area contributed by atoms with E-state index in [0.717, 1.165) is 16.9 Å². The number of sulfonamides is 1. The van der Waals surface area contributed by atoms with Crippen molar-refractivity contribution in [3.05, 3.63) is 71.1 Å². The Morgan fingerprint density at radius 3 is 2.34 bits per heavy atom. The van der Waals surface area contributed by atoms with Crippen molar-refractivity contribution in [3.63, 3.8) is 0 Å². The van der Waals surface area contributed by atoms with Gasteiger partial charge in [0.25, 0.3) is 0 Å². The molecular formula is C21H18Cl2N6O2S. The van der Waals surface area contributed by atoms with E-state index in [0.29, 0.717) is 41.9 Å². The highest BCUT2D eigenvalue weighted by atomic mass is 35.5. The van der Waals surface area contributed by atoms with Crippen LogP contribution in [0.5, 0.6) is 0 Å². The molecule has 2 aromatic carbocycles. The smallest absolute Gasteiger partial charge is 0.243 e. The van der Waals surface area contributed by atoms with Crippen molar-refractivity contribution in [2.45, 2.75) is 4.90 Å². The summed E-state index contributed by atoms with van der Waals surface area (Å²) in [4.78, 5) is 11.2. The van der Waals surface area contributed by atoms with Gasteiger partial charge in [-0.2, -0.15) is 9.40 Å². The van der Waals surface area contributed by atoms with E-state index in [2.05, 4.69) is 20.0 Å². The maximum absolute atomic E-state index is 13.0. The molecule has 0 amide bonds. The number of nitrogens with zero attached hydrogens (tertiary/aromatic N) is 6. The molecule has 0 atom stereocenters. The second-order valence-electron chi connectivity index (χ2n) is 7.32. The van der Waals surface area contributed by atoms with Gasteiger partial charge in [-0.25, -0.2) is 23.1 Å². The van der Waals surface area contributed by atoms with Crippen LogP contribution in [0, 0.1) is 0 Å². The Morgan fingerprint density at radius 1 is 0.875 bits per heavy atom. The summed E-state index contributed by atoms with van der Waals surface area (Å²) in [6, 6.07) is 13.6. The summed E-state index contributed by atoms with van der Waals surface area (Å²) < 4.78 is 29.1. The number of rotatable bonds is 4. The van der Waals surface area contributed by atoms with E-state index < -0.39 is 10.0 Å². The molecule has 0 saturated carbocycles. The molecule has 0 radical (unpaired) electrons. The van der Waals surface area contributed by atoms with Crippen molar-refractivity contribution in [3.8, 4) is 5.69 Å². The van der Waals surface area contributed by atoms with Gasteiger partial charge in [0.1, 0.15) is 12.1 Å². The molecule has 164 valence electrons. The van der Waals surface area contributed by atoms with Crippen molar-refractivity contribution < 1.29 is 8.42 Å². The molecule has 11 heteroatoms. The van der Waals surface area contributed by atoms with Crippen molar-refractivity contribution >= 4 is 50.1 Å². The molecule has 8 nitrogen and oxygen atoms in total. The van der Waals surface area contributed by atoms with Gasteiger partial charge in [0.2, 0.25) is 10.0 Å². The zero-order chi connectivity index (χ0) is 22.3. The highest BCUT2D eigenvalue weighted by Crippen LogP contribution is 2.27. The van der Waals surface area contributed by atoms with Crippen LogP contribution in [0.1, 0.15) is 0 Å². The number of piperazine rings is 1. The largest absolute Gasteiger partial charge is 0.353 e. The van der Waals surface area contributed by atoms with Crippen LogP contribution < -0.4 is 4.90 Å². The lowest BCUT2D eigenvalue weighted by Gasteiger charge is -2.34. The first-order valence-electron chi connectivity index (χ1n) is 9.89. The summed E-state index contributed by atoms with van der Waals surface area (Å²) in [5.74, 6) is 0.729. The third kappa shape index (κ3) is 3.81. The van der Waals surface area contributed by atoms with Crippen molar-refractivity contribution in [1.82, 2.24) is 24.1 Å². The maximum Gasteiger partial charge on any atom is 0.243 e. The summed E-state index contributed by atoms with van der Waals surface area (Å²) in [5, 5.41) is 6.38. The molecular weight excluding hydrogens is 471 g/mol. The molecule has 1 saturated heterocycles. The monoisotopic (exact) mass is 488 g/mol. The summed E-state index contributed by atoms with van der Waals surface area (Å²) in [6.07, 6.45) is 3.22. The molecule has 0 N–H and O–H groups in total. The average Bonchev–Trinajstić information content (AvgIpc) is 3.24. The minimum Gasteiger partial charge on any atom is -0.353 e. The first kappa shape index (κ1) is 21.1. The molecule has 0 bridgehead atoms. The highest BCUT2D eigenvalue weighted by molar-refractivity contribution is 7.89. The molecule has 0 unspecified atom stereocenters. The van der Waals surface area contributed by atoms with Gasteiger partial charge in [0.05, 0.1) is 22.2 Å². The lowest BCUT2D eigenvalue weighted by molar-refractivity contribution is 0.384. The predicted molar refractivity (Wildman–Crippen MR) is 124 cm³/mol. The highest BCUT2D eigenvalue weighted by Gasteiger charge is 2.29. The number of aromatic nitrogens is 4. The Morgan fingerprint density at radius 2 is 1.62 bits per heavy atom. The number of fused-ring (bicyclic) bond motifs is 1. The topological polar surface area (TPSA) is 84.2 Å². The molecule has 0 spiro atoms. The molecule has 2 aromatic heterocycles. The zero-order valence-corrected chi connectivity index (χ0v) is 19.1. The fourth-order valence-corrected chi connectivity index (χ4v) is 5.51. The average molecular weight is 489 g/mol. The van der Waals surface area contributed by atoms with E-state index in [1.165, 1.54) is 22.8 Å². The zero-order valence-electron chi connectivity index (χ0n) is 16.8. The number of hydrogen-bond acceptors (Lipinski definition) is 6. The van der Waals surface area contributed by atoms with E-state index in [9.17, 15) is 8.42 Å². The molecule has 1 fully saturated rings. The SMILES string of the molecule is O=S(=O)(c1ccc(Cl)cc1)N1CCN(c2ncnc3c2cnn3-c2cccc(Cl)c2)CC1. The van der Waals surface area contributed by atoms with Crippen LogP contribution >= 0.6 is 23.2 Å². The minimum absolute atomic E-state index is 0.238. The standard InChI is InChI=1S/C21H18Cl2N6O2S/c22-15-4-6-18(7-5-15)32(30,31)28-10-8-27(9-11-28)20-19-13-26-29(21(19)25-14-24-20)17-3-1-2-16(23)12-17/h1-7,12-14H,8-11H2. The van der Waals surface area contributed by atoms with Gasteiger partial charge in [0.15, 0.2) is 5.65 Å². The van der Waals surface area contributed by atoms with Gasteiger partial charge in [-0.05, 0) is 42.5 Å².